The van der Waals surface area contributed by atoms with Crippen molar-refractivity contribution >= 4 is 27.4 Å². The zero-order valence-electron chi connectivity index (χ0n) is 10.7. The van der Waals surface area contributed by atoms with Gasteiger partial charge < -0.3 is 10.5 Å². The zero-order chi connectivity index (χ0) is 14.1. The van der Waals surface area contributed by atoms with E-state index in [2.05, 4.69) is 9.97 Å². The molecule has 0 saturated carbocycles. The van der Waals surface area contributed by atoms with Gasteiger partial charge in [-0.05, 0) is 31.2 Å². The third kappa shape index (κ3) is 2.30. The van der Waals surface area contributed by atoms with Crippen LogP contribution in [0.5, 0.6) is 5.75 Å². The number of thiazole rings is 1. The van der Waals surface area contributed by atoms with Gasteiger partial charge in [-0.3, -0.25) is 0 Å². The number of benzene rings is 1. The van der Waals surface area contributed by atoms with E-state index in [9.17, 15) is 4.39 Å². The van der Waals surface area contributed by atoms with Crippen LogP contribution >= 0.6 is 11.3 Å². The number of nitrogen functional groups attached to an aromatic ring is 1. The van der Waals surface area contributed by atoms with Gasteiger partial charge in [0.25, 0.3) is 0 Å². The van der Waals surface area contributed by atoms with Gasteiger partial charge in [0.2, 0.25) is 0 Å². The van der Waals surface area contributed by atoms with Gasteiger partial charge in [0, 0.05) is 11.8 Å². The van der Waals surface area contributed by atoms with E-state index in [1.54, 1.807) is 23.8 Å². The van der Waals surface area contributed by atoms with E-state index >= 15 is 0 Å². The summed E-state index contributed by atoms with van der Waals surface area (Å²) < 4.78 is 20.2. The van der Waals surface area contributed by atoms with Crippen molar-refractivity contribution in [2.24, 2.45) is 0 Å². The molecule has 4 nitrogen and oxygen atoms in total. The Morgan fingerprint density at radius 2 is 2.20 bits per heavy atom. The van der Waals surface area contributed by atoms with Crippen molar-refractivity contribution in [1.82, 2.24) is 9.97 Å². The number of rotatable bonds is 3. The van der Waals surface area contributed by atoms with Gasteiger partial charge in [-0.1, -0.05) is 0 Å². The second kappa shape index (κ2) is 5.05. The molecular weight excluding hydrogens is 277 g/mol. The fourth-order valence-corrected chi connectivity index (χ4v) is 2.76. The van der Waals surface area contributed by atoms with Crippen LogP contribution in [0.1, 0.15) is 18.6 Å². The van der Waals surface area contributed by atoms with E-state index in [1.165, 1.54) is 23.5 Å². The van der Waals surface area contributed by atoms with E-state index in [4.69, 9.17) is 10.5 Å². The second-order valence-corrected chi connectivity index (χ2v) is 5.23. The minimum absolute atomic E-state index is 0.300. The van der Waals surface area contributed by atoms with Gasteiger partial charge in [0.15, 0.2) is 11.6 Å². The molecule has 3 aromatic rings. The highest BCUT2D eigenvalue weighted by Gasteiger charge is 2.16. The summed E-state index contributed by atoms with van der Waals surface area (Å²) in [6, 6.07) is 6.39. The molecule has 0 saturated heterocycles. The van der Waals surface area contributed by atoms with E-state index in [1.807, 2.05) is 6.92 Å². The first-order valence-electron chi connectivity index (χ1n) is 6.05. The Labute approximate surface area is 119 Å². The number of aromatic nitrogens is 2. The monoisotopic (exact) mass is 289 g/mol. The summed E-state index contributed by atoms with van der Waals surface area (Å²) in [5, 5.41) is 0. The van der Waals surface area contributed by atoms with Crippen molar-refractivity contribution in [3.63, 3.8) is 0 Å². The van der Waals surface area contributed by atoms with Crippen LogP contribution in [0, 0.1) is 5.82 Å². The van der Waals surface area contributed by atoms with Crippen LogP contribution in [0.25, 0.3) is 10.2 Å². The largest absolute Gasteiger partial charge is 0.482 e. The lowest BCUT2D eigenvalue weighted by Crippen LogP contribution is -2.06. The molecule has 6 heteroatoms. The van der Waals surface area contributed by atoms with Crippen LogP contribution in [-0.2, 0) is 0 Å². The number of nitrogens with zero attached hydrogens (tertiary/aromatic N) is 2. The molecule has 1 atom stereocenters. The Bertz CT molecular complexity index is 759. The average molecular weight is 289 g/mol. The highest BCUT2D eigenvalue weighted by molar-refractivity contribution is 7.16. The summed E-state index contributed by atoms with van der Waals surface area (Å²) in [7, 11) is 0. The van der Waals surface area contributed by atoms with Crippen molar-refractivity contribution < 1.29 is 9.13 Å². The molecule has 2 aromatic heterocycles. The van der Waals surface area contributed by atoms with Crippen molar-refractivity contribution in [1.29, 1.82) is 0 Å². The molecule has 0 aliphatic heterocycles. The first-order valence-corrected chi connectivity index (χ1v) is 6.93. The number of ether oxygens (including phenoxy) is 1. The average Bonchev–Trinajstić information content (AvgIpc) is 2.88. The quantitative estimate of drug-likeness (QED) is 0.801. The van der Waals surface area contributed by atoms with Gasteiger partial charge in [0.05, 0.1) is 15.7 Å². The number of pyridine rings is 1. The fraction of sp³-hybridized carbons (Fsp3) is 0.143. The standard InChI is InChI=1S/C14H12FN3OS/c1-8(19-11-3-2-4-17-14(11)16)10-5-9(15)6-12-13(10)18-7-20-12/h2-8H,1H3,(H2,16,17)/t8-/m0/s1. The number of nitrogens with two attached hydrogens (primary N) is 1. The molecule has 0 spiro atoms. The number of fused-ring (bicyclic) bond motifs is 1. The van der Waals surface area contributed by atoms with Crippen molar-refractivity contribution in [3.05, 3.63) is 47.4 Å². The van der Waals surface area contributed by atoms with Gasteiger partial charge in [0.1, 0.15) is 11.9 Å². The summed E-state index contributed by atoms with van der Waals surface area (Å²) in [5.74, 6) is 0.490. The highest BCUT2D eigenvalue weighted by atomic mass is 32.1. The number of hydrogen-bond acceptors (Lipinski definition) is 5. The molecule has 102 valence electrons. The summed E-state index contributed by atoms with van der Waals surface area (Å²) in [5.41, 5.74) is 8.89. The molecule has 0 unspecified atom stereocenters. The molecule has 0 aliphatic rings. The zero-order valence-corrected chi connectivity index (χ0v) is 11.5. The first kappa shape index (κ1) is 12.8. The van der Waals surface area contributed by atoms with Gasteiger partial charge in [-0.2, -0.15) is 0 Å². The van der Waals surface area contributed by atoms with Gasteiger partial charge >= 0.3 is 0 Å². The molecule has 1 aromatic carbocycles. The van der Waals surface area contributed by atoms with Crippen LogP contribution in [-0.4, -0.2) is 9.97 Å². The van der Waals surface area contributed by atoms with Crippen LogP contribution in [0.15, 0.2) is 36.0 Å². The lowest BCUT2D eigenvalue weighted by atomic mass is 10.1. The smallest absolute Gasteiger partial charge is 0.166 e. The normalized spacial score (nSPS) is 12.5. The van der Waals surface area contributed by atoms with E-state index in [0.29, 0.717) is 17.1 Å². The van der Waals surface area contributed by atoms with Crippen molar-refractivity contribution in [3.8, 4) is 5.75 Å². The van der Waals surface area contributed by atoms with Crippen molar-refractivity contribution in [2.45, 2.75) is 13.0 Å². The molecule has 0 amide bonds. The van der Waals surface area contributed by atoms with Crippen LogP contribution in [0.3, 0.4) is 0 Å². The van der Waals surface area contributed by atoms with E-state index in [0.717, 1.165) is 10.2 Å². The molecule has 0 radical (unpaired) electrons. The molecule has 3 rings (SSSR count). The molecule has 2 N–H and O–H groups in total. The summed E-state index contributed by atoms with van der Waals surface area (Å²) >= 11 is 1.40. The summed E-state index contributed by atoms with van der Waals surface area (Å²) in [6.07, 6.45) is 1.22. The maximum atomic E-state index is 13.6. The van der Waals surface area contributed by atoms with Crippen LogP contribution < -0.4 is 10.5 Å². The third-order valence-electron chi connectivity index (χ3n) is 2.97. The number of anilines is 1. The fourth-order valence-electron chi connectivity index (χ4n) is 2.02. The Balaban J connectivity index is 1.98. The molecular formula is C14H12FN3OS. The SMILES string of the molecule is C[C@H](Oc1cccnc1N)c1cc(F)cc2scnc12. The Morgan fingerprint density at radius 1 is 1.35 bits per heavy atom. The topological polar surface area (TPSA) is 61.0 Å². The van der Waals surface area contributed by atoms with Crippen molar-refractivity contribution in [2.75, 3.05) is 5.73 Å². The highest BCUT2D eigenvalue weighted by Crippen LogP contribution is 2.31. The Kier molecular flexibility index (Phi) is 3.23. The molecule has 0 aliphatic carbocycles. The van der Waals surface area contributed by atoms with Gasteiger partial charge in [-0.15, -0.1) is 11.3 Å². The van der Waals surface area contributed by atoms with E-state index < -0.39 is 0 Å². The predicted octanol–water partition coefficient (Wildman–Crippen LogP) is 3.55. The second-order valence-electron chi connectivity index (χ2n) is 4.34. The number of halogens is 1. The molecule has 20 heavy (non-hydrogen) atoms. The number of hydrogen-bond donors (Lipinski definition) is 1. The maximum Gasteiger partial charge on any atom is 0.166 e. The minimum atomic E-state index is -0.373. The Hall–Kier alpha value is -2.21. The van der Waals surface area contributed by atoms with Crippen LogP contribution in [0.2, 0.25) is 0 Å². The first-order chi connectivity index (χ1) is 9.65. The third-order valence-corrected chi connectivity index (χ3v) is 3.75. The summed E-state index contributed by atoms with van der Waals surface area (Å²) in [4.78, 5) is 8.23. The molecule has 2 heterocycles. The van der Waals surface area contributed by atoms with Gasteiger partial charge in [-0.25, -0.2) is 14.4 Å². The lowest BCUT2D eigenvalue weighted by Gasteiger charge is -2.16. The van der Waals surface area contributed by atoms with Crippen LogP contribution in [0.4, 0.5) is 10.2 Å². The minimum Gasteiger partial charge on any atom is -0.482 e. The Morgan fingerprint density at radius 3 is 3.00 bits per heavy atom. The summed E-state index contributed by atoms with van der Waals surface area (Å²) in [6.45, 7) is 1.83. The predicted molar refractivity (Wildman–Crippen MR) is 77.3 cm³/mol. The van der Waals surface area contributed by atoms with E-state index in [-0.39, 0.29) is 11.9 Å². The lowest BCUT2D eigenvalue weighted by molar-refractivity contribution is 0.228. The molecule has 0 bridgehead atoms. The molecule has 0 fully saturated rings. The maximum absolute atomic E-state index is 13.6.